The molecule has 0 aliphatic rings. The highest BCUT2D eigenvalue weighted by Crippen LogP contribution is 2.24. The van der Waals surface area contributed by atoms with Crippen LogP contribution in [-0.2, 0) is 19.4 Å². The van der Waals surface area contributed by atoms with Crippen LogP contribution in [0.1, 0.15) is 31.5 Å². The van der Waals surface area contributed by atoms with Gasteiger partial charge in [-0.1, -0.05) is 42.0 Å². The maximum atomic E-state index is 14.6. The van der Waals surface area contributed by atoms with Crippen LogP contribution in [0.5, 0.6) is 0 Å². The monoisotopic (exact) mass is 489 g/mol. The molecule has 0 saturated carbocycles. The number of hydrogen-bond donors (Lipinski definition) is 1. The predicted octanol–water partition coefficient (Wildman–Crippen LogP) is 5.85. The van der Waals surface area contributed by atoms with E-state index in [0.717, 1.165) is 42.3 Å². The normalized spacial score (nSPS) is 12.8. The van der Waals surface area contributed by atoms with E-state index in [1.165, 1.54) is 17.7 Å². The topological polar surface area (TPSA) is 50.9 Å². The summed E-state index contributed by atoms with van der Waals surface area (Å²) in [6.07, 6.45) is 5.98. The zero-order chi connectivity index (χ0) is 24.5. The average molecular weight is 490 g/mol. The molecule has 182 valence electrons. The van der Waals surface area contributed by atoms with Crippen LogP contribution in [0.3, 0.4) is 0 Å². The molecule has 0 aliphatic carbocycles. The summed E-state index contributed by atoms with van der Waals surface area (Å²) in [5.41, 5.74) is 3.53. The first-order chi connectivity index (χ1) is 16.4. The summed E-state index contributed by atoms with van der Waals surface area (Å²) in [4.78, 5) is 0. The maximum Gasteiger partial charge on any atom is 0.159 e. The molecule has 0 radical (unpaired) electrons. The zero-order valence-corrected chi connectivity index (χ0v) is 20.3. The Labute approximate surface area is 202 Å². The highest BCUT2D eigenvalue weighted by atomic mass is 32.2. The number of aromatic nitrogens is 3. The number of aliphatic hydroxyl groups excluding tert-OH is 1. The van der Waals surface area contributed by atoms with E-state index in [2.05, 4.69) is 23.3 Å². The molecule has 0 amide bonds. The van der Waals surface area contributed by atoms with Crippen LogP contribution in [0.4, 0.5) is 13.2 Å². The summed E-state index contributed by atoms with van der Waals surface area (Å²) in [7, 11) is 0. The Morgan fingerprint density at radius 2 is 1.79 bits per heavy atom. The molecule has 34 heavy (non-hydrogen) atoms. The summed E-state index contributed by atoms with van der Waals surface area (Å²) < 4.78 is 43.0. The van der Waals surface area contributed by atoms with Crippen molar-refractivity contribution in [3.05, 3.63) is 83.0 Å². The molecule has 1 unspecified atom stereocenters. The molecule has 1 heterocycles. The van der Waals surface area contributed by atoms with Gasteiger partial charge in [0.25, 0.3) is 0 Å². The number of hydrogen-bond acceptors (Lipinski definition) is 4. The third-order valence-electron chi connectivity index (χ3n) is 5.54. The van der Waals surface area contributed by atoms with Crippen molar-refractivity contribution in [1.82, 2.24) is 15.0 Å². The molecule has 0 bridgehead atoms. The molecule has 0 fully saturated rings. The molecule has 8 heteroatoms. The third kappa shape index (κ3) is 7.74. The number of allylic oxidation sites excluding steroid dienone is 1. The Bertz CT molecular complexity index is 1120. The van der Waals surface area contributed by atoms with Gasteiger partial charge in [0.05, 0.1) is 5.69 Å². The lowest BCUT2D eigenvalue weighted by Gasteiger charge is -2.07. The van der Waals surface area contributed by atoms with Gasteiger partial charge in [0.2, 0.25) is 0 Å². The van der Waals surface area contributed by atoms with Crippen LogP contribution >= 0.6 is 11.8 Å². The first-order valence-electron chi connectivity index (χ1n) is 11.3. The van der Waals surface area contributed by atoms with Gasteiger partial charge in [-0.25, -0.2) is 13.2 Å². The number of nitrogens with zero attached hydrogens (tertiary/aromatic N) is 3. The van der Waals surface area contributed by atoms with Gasteiger partial charge in [0, 0.05) is 25.1 Å². The smallest absolute Gasteiger partial charge is 0.159 e. The van der Waals surface area contributed by atoms with E-state index in [1.807, 2.05) is 24.9 Å². The molecular formula is C26H30F3N3OS. The number of rotatable bonds is 12. The lowest BCUT2D eigenvalue weighted by atomic mass is 10.0. The first kappa shape index (κ1) is 26.0. The van der Waals surface area contributed by atoms with E-state index in [4.69, 9.17) is 5.11 Å². The number of thioether (sulfide) groups is 1. The van der Waals surface area contributed by atoms with Gasteiger partial charge in [0.1, 0.15) is 5.82 Å². The number of halogens is 3. The quantitative estimate of drug-likeness (QED) is 0.256. The minimum Gasteiger partial charge on any atom is -0.396 e. The van der Waals surface area contributed by atoms with E-state index in [0.29, 0.717) is 35.4 Å². The van der Waals surface area contributed by atoms with Gasteiger partial charge in [0.15, 0.2) is 11.6 Å². The van der Waals surface area contributed by atoms with E-state index in [9.17, 15) is 13.2 Å². The van der Waals surface area contributed by atoms with Crippen molar-refractivity contribution in [2.24, 2.45) is 5.92 Å². The molecule has 0 spiro atoms. The maximum absolute atomic E-state index is 14.6. The van der Waals surface area contributed by atoms with E-state index in [1.54, 1.807) is 16.8 Å². The fourth-order valence-corrected chi connectivity index (χ4v) is 4.39. The molecule has 1 atom stereocenters. The van der Waals surface area contributed by atoms with Crippen molar-refractivity contribution in [3.8, 4) is 11.1 Å². The van der Waals surface area contributed by atoms with Crippen LogP contribution in [0.15, 0.2) is 54.2 Å². The van der Waals surface area contributed by atoms with Gasteiger partial charge in [-0.15, -0.1) is 5.10 Å². The zero-order valence-electron chi connectivity index (χ0n) is 19.5. The number of benzene rings is 2. The van der Waals surface area contributed by atoms with Crippen LogP contribution < -0.4 is 0 Å². The van der Waals surface area contributed by atoms with Crippen molar-refractivity contribution in [2.45, 2.75) is 39.7 Å². The van der Waals surface area contributed by atoms with Crippen LogP contribution in [0, 0.1) is 23.4 Å². The average Bonchev–Trinajstić information content (AvgIpc) is 3.29. The molecule has 0 aliphatic heterocycles. The SMILES string of the molecule is CC(=CCSCC(C)CO)CCn1cc(CCc2ccc(-c3ccc(F)c(F)c3)cc2F)nn1. The van der Waals surface area contributed by atoms with Gasteiger partial charge < -0.3 is 5.11 Å². The van der Waals surface area contributed by atoms with Crippen molar-refractivity contribution in [2.75, 3.05) is 18.1 Å². The van der Waals surface area contributed by atoms with Gasteiger partial charge in [-0.05, 0) is 72.7 Å². The molecule has 1 N–H and O–H groups in total. The molecule has 3 aromatic rings. The third-order valence-corrected chi connectivity index (χ3v) is 6.75. The largest absolute Gasteiger partial charge is 0.396 e. The summed E-state index contributed by atoms with van der Waals surface area (Å²) >= 11 is 1.81. The Kier molecular flexibility index (Phi) is 9.77. The fraction of sp³-hybridized carbons (Fsp3) is 0.385. The highest BCUT2D eigenvalue weighted by molar-refractivity contribution is 7.99. The molecule has 2 aromatic carbocycles. The molecular weight excluding hydrogens is 459 g/mol. The number of aryl methyl sites for hydroxylation is 3. The Morgan fingerprint density at radius 1 is 1.06 bits per heavy atom. The van der Waals surface area contributed by atoms with Crippen molar-refractivity contribution in [3.63, 3.8) is 0 Å². The summed E-state index contributed by atoms with van der Waals surface area (Å²) in [5.74, 6) is -0.0786. The molecule has 3 rings (SSSR count). The fourth-order valence-electron chi connectivity index (χ4n) is 3.35. The molecule has 0 saturated heterocycles. The lowest BCUT2D eigenvalue weighted by molar-refractivity contribution is 0.250. The highest BCUT2D eigenvalue weighted by Gasteiger charge is 2.10. The van der Waals surface area contributed by atoms with Gasteiger partial charge in [-0.2, -0.15) is 11.8 Å². The Balaban J connectivity index is 1.48. The first-order valence-corrected chi connectivity index (χ1v) is 12.5. The lowest BCUT2D eigenvalue weighted by Crippen LogP contribution is -2.03. The van der Waals surface area contributed by atoms with Crippen LogP contribution in [0.25, 0.3) is 11.1 Å². The van der Waals surface area contributed by atoms with Crippen molar-refractivity contribution < 1.29 is 18.3 Å². The molecule has 4 nitrogen and oxygen atoms in total. The summed E-state index contributed by atoms with van der Waals surface area (Å²) in [5, 5.41) is 17.4. The van der Waals surface area contributed by atoms with Crippen LogP contribution in [-0.4, -0.2) is 38.2 Å². The standard InChI is InChI=1S/C26H30F3N3OS/c1-18(10-12-34-17-19(2)16-33)9-11-32-15-23(30-31-32)7-5-20-3-4-21(13-25(20)28)22-6-8-24(27)26(29)14-22/h3-4,6,8,10,13-15,19,33H,5,7,9,11-12,16-17H2,1-2H3. The molecule has 1 aromatic heterocycles. The van der Waals surface area contributed by atoms with Crippen molar-refractivity contribution >= 4 is 11.8 Å². The Hall–Kier alpha value is -2.58. The van der Waals surface area contributed by atoms with Gasteiger partial charge in [-0.3, -0.25) is 4.68 Å². The Morgan fingerprint density at radius 3 is 2.50 bits per heavy atom. The van der Waals surface area contributed by atoms with Gasteiger partial charge >= 0.3 is 0 Å². The number of aliphatic hydroxyl groups is 1. The van der Waals surface area contributed by atoms with E-state index >= 15 is 0 Å². The summed E-state index contributed by atoms with van der Waals surface area (Å²) in [6.45, 7) is 5.08. The second-order valence-corrected chi connectivity index (χ2v) is 9.61. The van der Waals surface area contributed by atoms with Crippen molar-refractivity contribution in [1.29, 1.82) is 0 Å². The van der Waals surface area contributed by atoms with Crippen LogP contribution in [0.2, 0.25) is 0 Å². The van der Waals surface area contributed by atoms with E-state index < -0.39 is 11.6 Å². The minimum absolute atomic E-state index is 0.222. The van der Waals surface area contributed by atoms with E-state index in [-0.39, 0.29) is 12.4 Å². The second-order valence-electron chi connectivity index (χ2n) is 8.53. The minimum atomic E-state index is -0.956. The summed E-state index contributed by atoms with van der Waals surface area (Å²) in [6, 6.07) is 8.25. The second kappa shape index (κ2) is 12.8. The predicted molar refractivity (Wildman–Crippen MR) is 131 cm³/mol.